The molecule has 0 radical (unpaired) electrons. The Balaban J connectivity index is 1.59. The maximum absolute atomic E-state index is 12.2. The number of para-hydroxylation sites is 2. The van der Waals surface area contributed by atoms with Crippen LogP contribution < -0.4 is 0 Å². The number of esters is 1. The Hall–Kier alpha value is -3.05. The van der Waals surface area contributed by atoms with Crippen molar-refractivity contribution < 1.29 is 13.9 Å². The highest BCUT2D eigenvalue weighted by atomic mass is 32.2. The van der Waals surface area contributed by atoms with Crippen molar-refractivity contribution in [3.05, 3.63) is 77.9 Å². The Morgan fingerprint density at radius 1 is 1.07 bits per heavy atom. The van der Waals surface area contributed by atoms with Crippen LogP contribution in [0.3, 0.4) is 0 Å². The molecule has 0 amide bonds. The van der Waals surface area contributed by atoms with E-state index in [2.05, 4.69) is 23.2 Å². The van der Waals surface area contributed by atoms with Crippen molar-refractivity contribution >= 4 is 45.7 Å². The lowest BCUT2D eigenvalue weighted by atomic mass is 10.1. The second-order valence-corrected chi connectivity index (χ2v) is 6.93. The first-order chi connectivity index (χ1) is 13.2. The Kier molecular flexibility index (Phi) is 4.94. The van der Waals surface area contributed by atoms with Crippen molar-refractivity contribution in [2.24, 2.45) is 0 Å². The zero-order valence-corrected chi connectivity index (χ0v) is 15.5. The minimum absolute atomic E-state index is 0.355. The molecule has 0 spiro atoms. The molecule has 0 aliphatic heterocycles. The molecule has 0 fully saturated rings. The molecule has 0 aliphatic carbocycles. The number of hydrogen-bond donors (Lipinski definition) is 0. The first kappa shape index (κ1) is 17.4. The molecular formula is C22H17NO3S. The summed E-state index contributed by atoms with van der Waals surface area (Å²) >= 11 is 1.37. The smallest absolute Gasteiger partial charge is 0.334 e. The molecule has 134 valence electrons. The topological polar surface area (TPSA) is 52.3 Å². The zero-order valence-electron chi connectivity index (χ0n) is 14.7. The van der Waals surface area contributed by atoms with Crippen molar-refractivity contribution in [3.63, 3.8) is 0 Å². The third kappa shape index (κ3) is 3.88. The summed E-state index contributed by atoms with van der Waals surface area (Å²) in [6.45, 7) is 0. The van der Waals surface area contributed by atoms with Crippen LogP contribution in [0.2, 0.25) is 0 Å². The molecule has 3 aromatic carbocycles. The second-order valence-electron chi connectivity index (χ2n) is 6.00. The molecule has 1 heterocycles. The van der Waals surface area contributed by atoms with Gasteiger partial charge in [-0.25, -0.2) is 9.78 Å². The molecule has 27 heavy (non-hydrogen) atoms. The van der Waals surface area contributed by atoms with E-state index in [4.69, 9.17) is 9.15 Å². The summed E-state index contributed by atoms with van der Waals surface area (Å²) in [5.41, 5.74) is 3.04. The molecule has 0 N–H and O–H groups in total. The van der Waals surface area contributed by atoms with E-state index in [0.717, 1.165) is 27.4 Å². The summed E-state index contributed by atoms with van der Waals surface area (Å²) in [5.74, 6) is 0.0542. The Labute approximate surface area is 160 Å². The lowest BCUT2D eigenvalue weighted by molar-refractivity contribution is -0.135. The number of methoxy groups -OCH3 is 1. The SMILES string of the molecule is COC(=O)/C(=C/c1ccc2ccccc2c1)CSc1nc2ccccc2o1. The van der Waals surface area contributed by atoms with Gasteiger partial charge in [0, 0.05) is 11.3 Å². The van der Waals surface area contributed by atoms with Gasteiger partial charge in [0.2, 0.25) is 0 Å². The van der Waals surface area contributed by atoms with Gasteiger partial charge in [-0.15, -0.1) is 0 Å². The van der Waals surface area contributed by atoms with Gasteiger partial charge >= 0.3 is 5.97 Å². The third-order valence-corrected chi connectivity index (χ3v) is 5.06. The predicted molar refractivity (Wildman–Crippen MR) is 109 cm³/mol. The van der Waals surface area contributed by atoms with Gasteiger partial charge in [0.15, 0.2) is 5.58 Å². The van der Waals surface area contributed by atoms with E-state index in [1.807, 2.05) is 54.6 Å². The number of hydrogen-bond acceptors (Lipinski definition) is 5. The highest BCUT2D eigenvalue weighted by Crippen LogP contribution is 2.26. The van der Waals surface area contributed by atoms with Gasteiger partial charge in [-0.05, 0) is 40.6 Å². The molecule has 1 aromatic heterocycles. The summed E-state index contributed by atoms with van der Waals surface area (Å²) in [7, 11) is 1.39. The molecule has 0 bridgehead atoms. The van der Waals surface area contributed by atoms with Gasteiger partial charge in [0.05, 0.1) is 7.11 Å². The summed E-state index contributed by atoms with van der Waals surface area (Å²) in [4.78, 5) is 16.7. The molecule has 0 saturated heterocycles. The average Bonchev–Trinajstić information content (AvgIpc) is 3.13. The highest BCUT2D eigenvalue weighted by molar-refractivity contribution is 7.99. The van der Waals surface area contributed by atoms with Gasteiger partial charge in [0.1, 0.15) is 5.52 Å². The first-order valence-electron chi connectivity index (χ1n) is 8.49. The Bertz CT molecular complexity index is 1110. The number of fused-ring (bicyclic) bond motifs is 2. The standard InChI is InChI=1S/C22H17NO3S/c1-25-21(24)18(13-15-10-11-16-6-2-3-7-17(16)12-15)14-27-22-23-19-8-4-5-9-20(19)26-22/h2-13H,14H2,1H3/b18-13+. The van der Waals surface area contributed by atoms with Crippen LogP contribution in [-0.2, 0) is 9.53 Å². The summed E-state index contributed by atoms with van der Waals surface area (Å²) in [6, 6.07) is 21.8. The third-order valence-electron chi connectivity index (χ3n) is 4.19. The van der Waals surface area contributed by atoms with Crippen LogP contribution in [0.4, 0.5) is 0 Å². The van der Waals surface area contributed by atoms with Gasteiger partial charge in [-0.3, -0.25) is 0 Å². The molecule has 5 heteroatoms. The molecule has 0 atom stereocenters. The van der Waals surface area contributed by atoms with Crippen LogP contribution in [-0.4, -0.2) is 23.8 Å². The van der Waals surface area contributed by atoms with Crippen molar-refractivity contribution in [2.75, 3.05) is 12.9 Å². The minimum Gasteiger partial charge on any atom is -0.466 e. The predicted octanol–water partition coefficient (Wildman–Crippen LogP) is 5.33. The van der Waals surface area contributed by atoms with Gasteiger partial charge in [0.25, 0.3) is 5.22 Å². The number of carbonyl (C=O) groups excluding carboxylic acids is 1. The van der Waals surface area contributed by atoms with Crippen LogP contribution in [0, 0.1) is 0 Å². The lowest BCUT2D eigenvalue weighted by Crippen LogP contribution is -2.07. The Morgan fingerprint density at radius 2 is 1.85 bits per heavy atom. The summed E-state index contributed by atoms with van der Waals surface area (Å²) in [5, 5.41) is 2.82. The van der Waals surface area contributed by atoms with Crippen LogP contribution in [0.5, 0.6) is 0 Å². The van der Waals surface area contributed by atoms with Crippen LogP contribution in [0.15, 0.2) is 81.9 Å². The van der Waals surface area contributed by atoms with E-state index in [-0.39, 0.29) is 5.97 Å². The van der Waals surface area contributed by atoms with E-state index in [9.17, 15) is 4.79 Å². The fraction of sp³-hybridized carbons (Fsp3) is 0.0909. The number of thioether (sulfide) groups is 1. The lowest BCUT2D eigenvalue weighted by Gasteiger charge is -2.05. The van der Waals surface area contributed by atoms with Crippen molar-refractivity contribution in [2.45, 2.75) is 5.22 Å². The second kappa shape index (κ2) is 7.68. The van der Waals surface area contributed by atoms with Crippen LogP contribution in [0.1, 0.15) is 5.56 Å². The zero-order chi connectivity index (χ0) is 18.6. The number of aromatic nitrogens is 1. The molecule has 4 aromatic rings. The number of benzene rings is 3. The summed E-state index contributed by atoms with van der Waals surface area (Å²) in [6.07, 6.45) is 1.86. The average molecular weight is 375 g/mol. The molecule has 0 saturated carbocycles. The maximum atomic E-state index is 12.2. The molecule has 4 rings (SSSR count). The fourth-order valence-corrected chi connectivity index (χ4v) is 3.63. The number of ether oxygens (including phenoxy) is 1. The number of oxazole rings is 1. The molecule has 0 aliphatic rings. The molecular weight excluding hydrogens is 358 g/mol. The maximum Gasteiger partial charge on any atom is 0.334 e. The highest BCUT2D eigenvalue weighted by Gasteiger charge is 2.13. The van der Waals surface area contributed by atoms with Crippen molar-refractivity contribution in [1.29, 1.82) is 0 Å². The van der Waals surface area contributed by atoms with Gasteiger partial charge in [-0.2, -0.15) is 0 Å². The van der Waals surface area contributed by atoms with Crippen molar-refractivity contribution in [3.8, 4) is 0 Å². The van der Waals surface area contributed by atoms with Crippen LogP contribution >= 0.6 is 11.8 Å². The summed E-state index contributed by atoms with van der Waals surface area (Å²) < 4.78 is 10.7. The van der Waals surface area contributed by atoms with E-state index in [0.29, 0.717) is 16.5 Å². The molecule has 0 unspecified atom stereocenters. The van der Waals surface area contributed by atoms with E-state index >= 15 is 0 Å². The van der Waals surface area contributed by atoms with Gasteiger partial charge in [-0.1, -0.05) is 60.3 Å². The fourth-order valence-electron chi connectivity index (χ4n) is 2.84. The van der Waals surface area contributed by atoms with Crippen molar-refractivity contribution in [1.82, 2.24) is 4.98 Å². The van der Waals surface area contributed by atoms with Gasteiger partial charge < -0.3 is 9.15 Å². The van der Waals surface area contributed by atoms with E-state index in [1.54, 1.807) is 0 Å². The first-order valence-corrected chi connectivity index (χ1v) is 9.47. The van der Waals surface area contributed by atoms with Crippen LogP contribution in [0.25, 0.3) is 27.9 Å². The number of carbonyl (C=O) groups is 1. The monoisotopic (exact) mass is 375 g/mol. The Morgan fingerprint density at radius 3 is 2.67 bits per heavy atom. The molecule has 4 nitrogen and oxygen atoms in total. The number of nitrogens with zero attached hydrogens (tertiary/aromatic N) is 1. The quantitative estimate of drug-likeness (QED) is 0.268. The van der Waals surface area contributed by atoms with E-state index in [1.165, 1.54) is 18.9 Å². The van der Waals surface area contributed by atoms with E-state index < -0.39 is 0 Å². The number of rotatable bonds is 5. The largest absolute Gasteiger partial charge is 0.466 e. The minimum atomic E-state index is -0.355. The normalized spacial score (nSPS) is 11.8.